The number of carbonyl (C=O) groups excluding carboxylic acids is 3. The Morgan fingerprint density at radius 2 is 1.10 bits per heavy atom. The maximum atomic E-state index is 10.4. The van der Waals surface area contributed by atoms with Gasteiger partial charge in [-0.15, -0.1) is 0 Å². The van der Waals surface area contributed by atoms with E-state index in [1.807, 2.05) is 0 Å². The largest absolute Gasteiger partial charge is 0.467 e. The SMILES string of the molecule is CCCCCCCCCC[Si](N=C=O)(N=C=O)N=C=O. The Kier molecular flexibility index (Phi) is 11.4. The van der Waals surface area contributed by atoms with Crippen LogP contribution in [0, 0.1) is 0 Å². The summed E-state index contributed by atoms with van der Waals surface area (Å²) in [4.78, 5) is 31.1. The van der Waals surface area contributed by atoms with Gasteiger partial charge in [0.2, 0.25) is 18.2 Å². The van der Waals surface area contributed by atoms with Gasteiger partial charge >= 0.3 is 8.56 Å². The molecule has 0 aromatic carbocycles. The van der Waals surface area contributed by atoms with Crippen LogP contribution in [0.3, 0.4) is 0 Å². The zero-order valence-electron chi connectivity index (χ0n) is 11.9. The van der Waals surface area contributed by atoms with Gasteiger partial charge in [-0.3, -0.25) is 0 Å². The van der Waals surface area contributed by atoms with E-state index in [-0.39, 0.29) is 0 Å². The summed E-state index contributed by atoms with van der Waals surface area (Å²) in [5.41, 5.74) is 0. The molecule has 20 heavy (non-hydrogen) atoms. The van der Waals surface area contributed by atoms with E-state index < -0.39 is 8.56 Å². The van der Waals surface area contributed by atoms with Crippen LogP contribution in [0.4, 0.5) is 0 Å². The highest BCUT2D eigenvalue weighted by molar-refractivity contribution is 6.76. The van der Waals surface area contributed by atoms with Crippen LogP contribution in [0.1, 0.15) is 58.3 Å². The van der Waals surface area contributed by atoms with Crippen molar-refractivity contribution in [1.82, 2.24) is 0 Å². The van der Waals surface area contributed by atoms with Crippen molar-refractivity contribution < 1.29 is 14.4 Å². The average Bonchev–Trinajstić information content (AvgIpc) is 2.43. The number of rotatable bonds is 12. The minimum Gasteiger partial charge on any atom is -0.212 e. The molecule has 0 aliphatic carbocycles. The summed E-state index contributed by atoms with van der Waals surface area (Å²) in [5.74, 6) is 0. The Bertz CT molecular complexity index is 364. The van der Waals surface area contributed by atoms with Crippen LogP contribution < -0.4 is 0 Å². The summed E-state index contributed by atoms with van der Waals surface area (Å²) in [6.45, 7) is 2.18. The number of nitrogens with zero attached hydrogens (tertiary/aromatic N) is 3. The molecule has 0 saturated carbocycles. The topological polar surface area (TPSA) is 88.3 Å². The van der Waals surface area contributed by atoms with Gasteiger partial charge in [0.1, 0.15) is 0 Å². The predicted octanol–water partition coefficient (Wildman–Crippen LogP) is 3.07. The molecule has 0 N–H and O–H groups in total. The number of isocyanates is 3. The summed E-state index contributed by atoms with van der Waals surface area (Å²) in [6, 6.07) is 0.349. The van der Waals surface area contributed by atoms with E-state index in [4.69, 9.17) is 0 Å². The number of unbranched alkanes of at least 4 members (excludes halogenated alkanes) is 7. The molecule has 110 valence electrons. The molecule has 0 aliphatic heterocycles. The van der Waals surface area contributed by atoms with Crippen LogP contribution in [0.25, 0.3) is 0 Å². The molecule has 0 unspecified atom stereocenters. The fourth-order valence-electron chi connectivity index (χ4n) is 1.96. The fourth-order valence-corrected chi connectivity index (χ4v) is 3.61. The molecular weight excluding hydrogens is 274 g/mol. The van der Waals surface area contributed by atoms with Crippen molar-refractivity contribution in [2.24, 2.45) is 14.0 Å². The molecule has 0 fully saturated rings. The minimum absolute atomic E-state index is 0.349. The van der Waals surface area contributed by atoms with Crippen LogP contribution in [0.5, 0.6) is 0 Å². The van der Waals surface area contributed by atoms with Crippen molar-refractivity contribution in [2.45, 2.75) is 64.3 Å². The van der Waals surface area contributed by atoms with Crippen LogP contribution in [-0.2, 0) is 14.4 Å². The van der Waals surface area contributed by atoms with Gasteiger partial charge in [0, 0.05) is 6.04 Å². The normalized spacial score (nSPS) is 12.4. The predicted molar refractivity (Wildman–Crippen MR) is 77.5 cm³/mol. The first-order valence-corrected chi connectivity index (χ1v) is 9.06. The van der Waals surface area contributed by atoms with Crippen LogP contribution in [-0.4, -0.2) is 26.8 Å². The van der Waals surface area contributed by atoms with Gasteiger partial charge in [0.25, 0.3) is 0 Å². The van der Waals surface area contributed by atoms with E-state index >= 15 is 0 Å². The molecule has 0 radical (unpaired) electrons. The first-order chi connectivity index (χ1) is 9.74. The molecule has 6 nitrogen and oxygen atoms in total. The Labute approximate surface area is 120 Å². The van der Waals surface area contributed by atoms with Gasteiger partial charge in [-0.2, -0.15) is 14.0 Å². The standard InChI is InChI=1S/C13H21N3O3Si/c1-2-3-4-5-6-7-8-9-10-20(14-11-17,15-12-18)16-13-19/h2-10H2,1H3. The van der Waals surface area contributed by atoms with E-state index in [1.54, 1.807) is 0 Å². The summed E-state index contributed by atoms with van der Waals surface area (Å²) >= 11 is 0. The molecule has 7 heteroatoms. The Balaban J connectivity index is 4.12. The van der Waals surface area contributed by atoms with Gasteiger partial charge in [0.15, 0.2) is 0 Å². The second-order valence-electron chi connectivity index (χ2n) is 4.61. The Morgan fingerprint density at radius 3 is 1.50 bits per heavy atom. The lowest BCUT2D eigenvalue weighted by Gasteiger charge is -2.10. The Morgan fingerprint density at radius 1 is 0.700 bits per heavy atom. The second-order valence-corrected chi connectivity index (χ2v) is 7.33. The highest BCUT2D eigenvalue weighted by Crippen LogP contribution is 2.19. The maximum Gasteiger partial charge on any atom is 0.467 e. The summed E-state index contributed by atoms with van der Waals surface area (Å²) < 4.78 is 10.4. The molecule has 0 amide bonds. The molecular formula is C13H21N3O3Si. The molecule has 0 saturated heterocycles. The molecule has 0 heterocycles. The van der Waals surface area contributed by atoms with Gasteiger partial charge in [-0.25, -0.2) is 14.4 Å². The van der Waals surface area contributed by atoms with E-state index in [2.05, 4.69) is 20.9 Å². The van der Waals surface area contributed by atoms with Crippen LogP contribution in [0.15, 0.2) is 14.0 Å². The first-order valence-electron chi connectivity index (χ1n) is 7.01. The fraction of sp³-hybridized carbons (Fsp3) is 0.769. The van der Waals surface area contributed by atoms with E-state index in [1.165, 1.54) is 50.3 Å². The third kappa shape index (κ3) is 8.46. The van der Waals surface area contributed by atoms with Crippen LogP contribution >= 0.6 is 0 Å². The zero-order chi connectivity index (χ0) is 15.1. The highest BCUT2D eigenvalue weighted by Gasteiger charge is 2.35. The van der Waals surface area contributed by atoms with Crippen molar-refractivity contribution in [3.63, 3.8) is 0 Å². The number of hydrogen-bond donors (Lipinski definition) is 0. The lowest BCUT2D eigenvalue weighted by molar-refractivity contribution is 0.563. The smallest absolute Gasteiger partial charge is 0.212 e. The first kappa shape index (κ1) is 18.4. The lowest BCUT2D eigenvalue weighted by atomic mass is 10.1. The van der Waals surface area contributed by atoms with E-state index in [9.17, 15) is 14.4 Å². The van der Waals surface area contributed by atoms with E-state index in [0.717, 1.165) is 19.3 Å². The van der Waals surface area contributed by atoms with Gasteiger partial charge < -0.3 is 0 Å². The minimum atomic E-state index is -3.27. The molecule has 0 spiro atoms. The van der Waals surface area contributed by atoms with E-state index in [0.29, 0.717) is 6.04 Å². The van der Waals surface area contributed by atoms with Crippen LogP contribution in [0.2, 0.25) is 6.04 Å². The summed E-state index contributed by atoms with van der Waals surface area (Å²) in [7, 11) is -3.27. The van der Waals surface area contributed by atoms with Crippen molar-refractivity contribution >= 4 is 26.8 Å². The third-order valence-corrected chi connectivity index (χ3v) is 5.41. The third-order valence-electron chi connectivity index (χ3n) is 3.04. The average molecular weight is 295 g/mol. The van der Waals surface area contributed by atoms with Gasteiger partial charge in [-0.1, -0.05) is 58.3 Å². The monoisotopic (exact) mass is 295 g/mol. The molecule has 0 aromatic heterocycles. The highest BCUT2D eigenvalue weighted by atomic mass is 28.4. The number of hydrogen-bond acceptors (Lipinski definition) is 6. The lowest BCUT2D eigenvalue weighted by Crippen LogP contribution is -2.27. The van der Waals surface area contributed by atoms with Crippen molar-refractivity contribution in [3.05, 3.63) is 0 Å². The van der Waals surface area contributed by atoms with Crippen molar-refractivity contribution in [2.75, 3.05) is 0 Å². The quantitative estimate of drug-likeness (QED) is 0.240. The second kappa shape index (κ2) is 12.4. The molecule has 0 bridgehead atoms. The van der Waals surface area contributed by atoms with Gasteiger partial charge in [-0.05, 0) is 0 Å². The molecule has 0 atom stereocenters. The summed E-state index contributed by atoms with van der Waals surface area (Å²) in [6.07, 6.45) is 12.9. The summed E-state index contributed by atoms with van der Waals surface area (Å²) in [5, 5.41) is 0. The maximum absolute atomic E-state index is 10.4. The van der Waals surface area contributed by atoms with Crippen molar-refractivity contribution in [1.29, 1.82) is 0 Å². The zero-order valence-corrected chi connectivity index (χ0v) is 12.9. The van der Waals surface area contributed by atoms with Crippen molar-refractivity contribution in [3.8, 4) is 0 Å². The molecule has 0 rings (SSSR count). The Hall–Kier alpha value is -1.64. The molecule has 0 aliphatic rings. The molecule has 0 aromatic rings. The van der Waals surface area contributed by atoms with Gasteiger partial charge in [0.05, 0.1) is 0 Å².